The third-order valence-electron chi connectivity index (χ3n) is 5.76. The average molecular weight is 395 g/mol. The number of alkyl halides is 1. The van der Waals surface area contributed by atoms with Crippen molar-refractivity contribution in [2.24, 2.45) is 7.05 Å². The summed E-state index contributed by atoms with van der Waals surface area (Å²) in [7, 11) is 1.84. The molecule has 150 valence electrons. The number of nitrogens with zero attached hydrogens (tertiary/aromatic N) is 4. The Morgan fingerprint density at radius 3 is 2.79 bits per heavy atom. The van der Waals surface area contributed by atoms with Crippen molar-refractivity contribution in [3.63, 3.8) is 0 Å². The maximum absolute atomic E-state index is 14.5. The van der Waals surface area contributed by atoms with Crippen LogP contribution in [0.4, 0.5) is 4.39 Å². The number of hydrogen-bond acceptors (Lipinski definition) is 6. The van der Waals surface area contributed by atoms with Crippen LogP contribution in [-0.4, -0.2) is 49.4 Å². The Morgan fingerprint density at radius 1 is 1.17 bits per heavy atom. The Labute approximate surface area is 167 Å². The molecule has 29 heavy (non-hydrogen) atoms. The van der Waals surface area contributed by atoms with Crippen molar-refractivity contribution in [2.45, 2.75) is 43.6 Å². The summed E-state index contributed by atoms with van der Waals surface area (Å²) in [5.74, 6) is 0.405. The normalized spacial score (nSPS) is 25.9. The molecule has 2 fully saturated rings. The van der Waals surface area contributed by atoms with Gasteiger partial charge in [-0.3, -0.25) is 4.68 Å². The summed E-state index contributed by atoms with van der Waals surface area (Å²) in [5.41, 5.74) is 2.87. The van der Waals surface area contributed by atoms with Gasteiger partial charge in [-0.1, -0.05) is 6.07 Å². The Kier molecular flexibility index (Phi) is 4.43. The van der Waals surface area contributed by atoms with Crippen LogP contribution in [0, 0.1) is 0 Å². The van der Waals surface area contributed by atoms with E-state index in [1.54, 1.807) is 35.1 Å². The van der Waals surface area contributed by atoms with Gasteiger partial charge in [-0.15, -0.1) is 10.2 Å². The van der Waals surface area contributed by atoms with Crippen LogP contribution < -0.4 is 10.1 Å². The highest BCUT2D eigenvalue weighted by Gasteiger charge is 2.43. The van der Waals surface area contributed by atoms with Crippen molar-refractivity contribution in [3.05, 3.63) is 42.7 Å². The number of fused-ring (bicyclic) bond motifs is 2. The number of aryl methyl sites for hydroxylation is 1. The van der Waals surface area contributed by atoms with Gasteiger partial charge < -0.3 is 15.2 Å². The van der Waals surface area contributed by atoms with Crippen LogP contribution >= 0.6 is 0 Å². The first kappa shape index (κ1) is 18.1. The Morgan fingerprint density at radius 2 is 2.07 bits per heavy atom. The number of aromatic nitrogens is 4. The summed E-state index contributed by atoms with van der Waals surface area (Å²) >= 11 is 0. The number of aromatic hydroxyl groups is 1. The van der Waals surface area contributed by atoms with E-state index in [2.05, 4.69) is 20.6 Å². The molecule has 0 spiro atoms. The van der Waals surface area contributed by atoms with Crippen molar-refractivity contribution in [3.8, 4) is 34.0 Å². The van der Waals surface area contributed by atoms with Crippen molar-refractivity contribution in [1.82, 2.24) is 25.3 Å². The molecular weight excluding hydrogens is 373 g/mol. The summed E-state index contributed by atoms with van der Waals surface area (Å²) in [6.45, 7) is 0. The molecule has 4 heterocycles. The Balaban J connectivity index is 1.32. The zero-order valence-corrected chi connectivity index (χ0v) is 16.0. The first-order valence-electron chi connectivity index (χ1n) is 9.80. The molecule has 0 aliphatic carbocycles. The van der Waals surface area contributed by atoms with Gasteiger partial charge in [0, 0.05) is 48.9 Å². The van der Waals surface area contributed by atoms with E-state index in [1.807, 2.05) is 19.3 Å². The van der Waals surface area contributed by atoms with Gasteiger partial charge in [0.1, 0.15) is 11.9 Å². The minimum Gasteiger partial charge on any atom is -0.507 e. The van der Waals surface area contributed by atoms with Crippen LogP contribution in [-0.2, 0) is 7.05 Å². The quantitative estimate of drug-likeness (QED) is 0.707. The molecular formula is C21H22FN5O2. The maximum Gasteiger partial charge on any atom is 0.233 e. The fourth-order valence-electron chi connectivity index (χ4n) is 4.25. The maximum atomic E-state index is 14.5. The highest BCUT2D eigenvalue weighted by molar-refractivity contribution is 5.73. The van der Waals surface area contributed by atoms with E-state index < -0.39 is 12.3 Å². The van der Waals surface area contributed by atoms with Crippen LogP contribution in [0.25, 0.3) is 22.4 Å². The van der Waals surface area contributed by atoms with E-state index >= 15 is 0 Å². The molecule has 2 aromatic heterocycles. The predicted molar refractivity (Wildman–Crippen MR) is 105 cm³/mol. The zero-order chi connectivity index (χ0) is 20.0. The predicted octanol–water partition coefficient (Wildman–Crippen LogP) is 2.86. The van der Waals surface area contributed by atoms with Crippen LogP contribution in [0.2, 0.25) is 0 Å². The second-order valence-corrected chi connectivity index (χ2v) is 7.78. The van der Waals surface area contributed by atoms with Crippen molar-refractivity contribution >= 4 is 0 Å². The lowest BCUT2D eigenvalue weighted by Crippen LogP contribution is -2.51. The molecule has 2 aliphatic rings. The lowest BCUT2D eigenvalue weighted by Gasteiger charge is -2.32. The van der Waals surface area contributed by atoms with Crippen molar-refractivity contribution in [1.29, 1.82) is 0 Å². The Bertz CT molecular complexity index is 1020. The number of piperidine rings is 1. The van der Waals surface area contributed by atoms with Gasteiger partial charge in [-0.2, -0.15) is 5.10 Å². The van der Waals surface area contributed by atoms with Gasteiger partial charge in [-0.25, -0.2) is 4.39 Å². The molecule has 0 unspecified atom stereocenters. The third-order valence-corrected chi connectivity index (χ3v) is 5.76. The molecule has 2 aliphatic heterocycles. The molecule has 1 aromatic carbocycles. The monoisotopic (exact) mass is 395 g/mol. The number of nitrogens with one attached hydrogen (secondary N) is 1. The molecule has 7 nitrogen and oxygen atoms in total. The number of halogens is 1. The Hall–Kier alpha value is -3.00. The number of benzene rings is 1. The van der Waals surface area contributed by atoms with Crippen LogP contribution in [0.3, 0.4) is 0 Å². The molecule has 8 heteroatoms. The van der Waals surface area contributed by atoms with E-state index in [1.165, 1.54) is 0 Å². The highest BCUT2D eigenvalue weighted by atomic mass is 19.1. The summed E-state index contributed by atoms with van der Waals surface area (Å²) in [4.78, 5) is 0. The zero-order valence-electron chi connectivity index (χ0n) is 16.0. The van der Waals surface area contributed by atoms with E-state index in [0.717, 1.165) is 24.0 Å². The highest BCUT2D eigenvalue weighted by Crippen LogP contribution is 2.34. The van der Waals surface area contributed by atoms with Crippen molar-refractivity contribution in [2.75, 3.05) is 0 Å². The first-order valence-corrected chi connectivity index (χ1v) is 9.80. The van der Waals surface area contributed by atoms with Gasteiger partial charge >= 0.3 is 0 Å². The number of ether oxygens (including phenoxy) is 1. The molecule has 0 amide bonds. The van der Waals surface area contributed by atoms with Gasteiger partial charge in [-0.05, 0) is 36.6 Å². The topological polar surface area (TPSA) is 85.1 Å². The molecule has 0 saturated carbocycles. The third kappa shape index (κ3) is 3.44. The van der Waals surface area contributed by atoms with Gasteiger partial charge in [0.05, 0.1) is 11.9 Å². The first-order chi connectivity index (χ1) is 14.1. The minimum absolute atomic E-state index is 0.105. The van der Waals surface area contributed by atoms with Crippen LogP contribution in [0.5, 0.6) is 11.6 Å². The largest absolute Gasteiger partial charge is 0.507 e. The van der Waals surface area contributed by atoms with E-state index in [0.29, 0.717) is 29.6 Å². The molecule has 0 radical (unpaired) electrons. The second-order valence-electron chi connectivity index (χ2n) is 7.78. The standard InChI is InChI=1S/C21H22FN5O2/c1-27-11-13(10-23-27)12-2-4-15(18(28)8-12)16-6-7-20(26-25-16)29-19-9-14-3-5-17(24-14)21(19)22/h2,4,6-8,10-11,14,17,19,21,24,28H,3,5,9H2,1H3/t14-,17+,19-,21+/m1/s1. The fourth-order valence-corrected chi connectivity index (χ4v) is 4.25. The lowest BCUT2D eigenvalue weighted by molar-refractivity contribution is 0.0422. The number of phenolic OH excluding ortho intramolecular Hbond substituents is 1. The van der Waals surface area contributed by atoms with Crippen LogP contribution in [0.1, 0.15) is 19.3 Å². The summed E-state index contributed by atoms with van der Waals surface area (Å²) in [6.07, 6.45) is 4.56. The number of rotatable bonds is 4. The molecule has 5 rings (SSSR count). The average Bonchev–Trinajstić information content (AvgIpc) is 3.33. The molecule has 2 saturated heterocycles. The van der Waals surface area contributed by atoms with Gasteiger partial charge in [0.25, 0.3) is 0 Å². The van der Waals surface area contributed by atoms with E-state index in [9.17, 15) is 9.50 Å². The van der Waals surface area contributed by atoms with E-state index in [4.69, 9.17) is 4.74 Å². The SMILES string of the molecule is Cn1cc(-c2ccc(-c3ccc(O[C@@H]4C[C@H]5CC[C@H](N5)[C@@H]4F)nn3)c(O)c2)cn1. The fraction of sp³-hybridized carbons (Fsp3) is 0.381. The number of phenols is 1. The number of hydrogen-bond donors (Lipinski definition) is 2. The van der Waals surface area contributed by atoms with E-state index in [-0.39, 0.29) is 11.8 Å². The van der Waals surface area contributed by atoms with Gasteiger partial charge in [0.2, 0.25) is 5.88 Å². The molecule has 2 bridgehead atoms. The summed E-state index contributed by atoms with van der Waals surface area (Å²) in [5, 5.41) is 26.2. The van der Waals surface area contributed by atoms with Crippen LogP contribution in [0.15, 0.2) is 42.7 Å². The molecule has 3 aromatic rings. The summed E-state index contributed by atoms with van der Waals surface area (Å²) < 4.78 is 22.0. The smallest absolute Gasteiger partial charge is 0.233 e. The van der Waals surface area contributed by atoms with Gasteiger partial charge in [0.15, 0.2) is 6.17 Å². The minimum atomic E-state index is -1.04. The molecule has 2 N–H and O–H groups in total. The molecule has 4 atom stereocenters. The summed E-state index contributed by atoms with van der Waals surface area (Å²) in [6, 6.07) is 8.97. The lowest BCUT2D eigenvalue weighted by atomic mass is 10.0. The van der Waals surface area contributed by atoms with Crippen molar-refractivity contribution < 1.29 is 14.2 Å². The second kappa shape index (κ2) is 7.11.